The van der Waals surface area contributed by atoms with E-state index in [4.69, 9.17) is 4.74 Å². The number of amides is 1. The zero-order chi connectivity index (χ0) is 26.7. The van der Waals surface area contributed by atoms with E-state index < -0.39 is 35.4 Å². The van der Waals surface area contributed by atoms with Gasteiger partial charge in [0.15, 0.2) is 0 Å². The molecule has 36 heavy (non-hydrogen) atoms. The van der Waals surface area contributed by atoms with Crippen LogP contribution in [0.25, 0.3) is 0 Å². The first-order chi connectivity index (χ1) is 16.8. The summed E-state index contributed by atoms with van der Waals surface area (Å²) in [5.74, 6) is -0.264. The van der Waals surface area contributed by atoms with Crippen LogP contribution in [0.15, 0.2) is 18.2 Å². The quantitative estimate of drug-likeness (QED) is 0.401. The van der Waals surface area contributed by atoms with Crippen molar-refractivity contribution in [1.82, 2.24) is 10.2 Å². The molecule has 0 bridgehead atoms. The van der Waals surface area contributed by atoms with Crippen molar-refractivity contribution in [3.8, 4) is 0 Å². The van der Waals surface area contributed by atoms with Crippen LogP contribution in [0.5, 0.6) is 0 Å². The summed E-state index contributed by atoms with van der Waals surface area (Å²) in [6.07, 6.45) is -4.26. The summed E-state index contributed by atoms with van der Waals surface area (Å²) in [6, 6.07) is 2.00. The Morgan fingerprint density at radius 2 is 1.64 bits per heavy atom. The number of carbonyl (C=O) groups excluding carboxylic acids is 1. The van der Waals surface area contributed by atoms with Crippen molar-refractivity contribution in [3.05, 3.63) is 34.9 Å². The molecule has 1 heterocycles. The maximum atomic E-state index is 13.6. The minimum atomic E-state index is -4.93. The second-order valence-corrected chi connectivity index (χ2v) is 10.3. The lowest BCUT2D eigenvalue weighted by atomic mass is 9.71. The third kappa shape index (κ3) is 6.54. The largest absolute Gasteiger partial charge is 0.416 e. The van der Waals surface area contributed by atoms with E-state index in [0.29, 0.717) is 44.2 Å². The molecule has 1 amide bonds. The molecule has 1 aliphatic carbocycles. The molecule has 204 valence electrons. The molecule has 1 aliphatic heterocycles. The Hall–Kier alpha value is -1.81. The van der Waals surface area contributed by atoms with Crippen LogP contribution in [0.4, 0.5) is 26.3 Å². The molecular weight excluding hydrogens is 486 g/mol. The van der Waals surface area contributed by atoms with Gasteiger partial charge in [-0.15, -0.1) is 0 Å². The summed E-state index contributed by atoms with van der Waals surface area (Å²) < 4.78 is 84.9. The van der Waals surface area contributed by atoms with Gasteiger partial charge in [-0.1, -0.05) is 20.3 Å². The van der Waals surface area contributed by atoms with Crippen molar-refractivity contribution < 1.29 is 35.9 Å². The molecule has 1 saturated heterocycles. The molecule has 1 aromatic rings. The first-order valence-electron chi connectivity index (χ1n) is 12.6. The van der Waals surface area contributed by atoms with E-state index in [1.807, 2.05) is 13.8 Å². The average Bonchev–Trinajstić information content (AvgIpc) is 3.28. The van der Waals surface area contributed by atoms with Gasteiger partial charge in [-0.25, -0.2) is 0 Å². The van der Waals surface area contributed by atoms with Gasteiger partial charge in [0.05, 0.1) is 16.5 Å². The lowest BCUT2D eigenvalue weighted by molar-refractivity contribution is -0.143. The van der Waals surface area contributed by atoms with Crippen molar-refractivity contribution in [1.29, 1.82) is 0 Å². The highest BCUT2D eigenvalue weighted by Gasteiger charge is 2.50. The van der Waals surface area contributed by atoms with Crippen molar-refractivity contribution in [2.24, 2.45) is 11.3 Å². The van der Waals surface area contributed by atoms with Crippen LogP contribution in [0.1, 0.15) is 75.5 Å². The molecule has 10 heteroatoms. The molecule has 1 saturated carbocycles. The fourth-order valence-corrected chi connectivity index (χ4v) is 5.85. The normalized spacial score (nSPS) is 24.8. The first-order valence-corrected chi connectivity index (χ1v) is 12.6. The lowest BCUT2D eigenvalue weighted by Gasteiger charge is -2.38. The first kappa shape index (κ1) is 28.8. The number of halogens is 6. The Labute approximate surface area is 208 Å². The molecular formula is C26H36F6N2O2. The van der Waals surface area contributed by atoms with Crippen LogP contribution in [0.3, 0.4) is 0 Å². The molecule has 2 aliphatic rings. The maximum absolute atomic E-state index is 13.6. The third-order valence-electron chi connectivity index (χ3n) is 8.08. The summed E-state index contributed by atoms with van der Waals surface area (Å²) >= 11 is 0. The third-order valence-corrected chi connectivity index (χ3v) is 8.08. The predicted octanol–water partition coefficient (Wildman–Crippen LogP) is 6.43. The van der Waals surface area contributed by atoms with E-state index in [9.17, 15) is 31.1 Å². The summed E-state index contributed by atoms with van der Waals surface area (Å²) in [6.45, 7) is 5.07. The molecule has 3 atom stereocenters. The summed E-state index contributed by atoms with van der Waals surface area (Å²) in [5.41, 5.74) is -3.70. The number of carbonyl (C=O) groups is 1. The van der Waals surface area contributed by atoms with Gasteiger partial charge in [-0.3, -0.25) is 4.79 Å². The van der Waals surface area contributed by atoms with Gasteiger partial charge in [-0.05, 0) is 75.3 Å². The van der Waals surface area contributed by atoms with E-state index in [2.05, 4.69) is 17.3 Å². The number of hydrogen-bond acceptors (Lipinski definition) is 3. The Morgan fingerprint density at radius 1 is 1.06 bits per heavy atom. The topological polar surface area (TPSA) is 41.6 Å². The minimum Gasteiger partial charge on any atom is -0.381 e. The number of nitrogens with one attached hydrogen (secondary N) is 1. The van der Waals surface area contributed by atoms with Crippen LogP contribution in [0, 0.1) is 11.3 Å². The summed E-state index contributed by atoms with van der Waals surface area (Å²) in [4.78, 5) is 15.9. The molecule has 4 nitrogen and oxygen atoms in total. The molecule has 1 N–H and O–H groups in total. The van der Waals surface area contributed by atoms with E-state index in [1.165, 1.54) is 0 Å². The highest BCUT2D eigenvalue weighted by Crippen LogP contribution is 2.48. The highest BCUT2D eigenvalue weighted by atomic mass is 19.4. The monoisotopic (exact) mass is 522 g/mol. The van der Waals surface area contributed by atoms with Crippen LogP contribution in [0.2, 0.25) is 0 Å². The molecule has 0 spiro atoms. The summed E-state index contributed by atoms with van der Waals surface area (Å²) in [5, 5.41) is 2.71. The second-order valence-electron chi connectivity index (χ2n) is 10.3. The van der Waals surface area contributed by atoms with E-state index >= 15 is 0 Å². The number of alkyl halides is 6. The summed E-state index contributed by atoms with van der Waals surface area (Å²) in [7, 11) is 2.07. The van der Waals surface area contributed by atoms with Gasteiger partial charge in [0.2, 0.25) is 5.91 Å². The van der Waals surface area contributed by atoms with Crippen LogP contribution in [-0.4, -0.2) is 43.2 Å². The van der Waals surface area contributed by atoms with E-state index in [0.717, 1.165) is 32.1 Å². The fourth-order valence-electron chi connectivity index (χ4n) is 5.85. The zero-order valence-electron chi connectivity index (χ0n) is 21.1. The predicted molar refractivity (Wildman–Crippen MR) is 124 cm³/mol. The smallest absolute Gasteiger partial charge is 0.381 e. The fraction of sp³-hybridized carbons (Fsp3) is 0.731. The van der Waals surface area contributed by atoms with Crippen molar-refractivity contribution in [2.45, 2.75) is 89.8 Å². The maximum Gasteiger partial charge on any atom is 0.416 e. The van der Waals surface area contributed by atoms with Crippen LogP contribution < -0.4 is 5.32 Å². The van der Waals surface area contributed by atoms with Gasteiger partial charge in [0.1, 0.15) is 0 Å². The van der Waals surface area contributed by atoms with E-state index in [1.54, 1.807) is 0 Å². The van der Waals surface area contributed by atoms with Gasteiger partial charge in [0.25, 0.3) is 0 Å². The van der Waals surface area contributed by atoms with Gasteiger partial charge >= 0.3 is 12.4 Å². The minimum absolute atomic E-state index is 0.0304. The molecule has 2 fully saturated rings. The second kappa shape index (κ2) is 11.3. The zero-order valence-corrected chi connectivity index (χ0v) is 21.1. The number of nitrogens with zero attached hydrogens (tertiary/aromatic N) is 1. The van der Waals surface area contributed by atoms with Gasteiger partial charge in [-0.2, -0.15) is 26.3 Å². The number of hydrogen-bond donors (Lipinski definition) is 1. The molecule has 1 aromatic carbocycles. The van der Waals surface area contributed by atoms with Gasteiger partial charge in [0, 0.05) is 31.8 Å². The molecule has 3 unspecified atom stereocenters. The Kier molecular flexibility index (Phi) is 9.02. The Bertz CT molecular complexity index is 865. The highest BCUT2D eigenvalue weighted by molar-refractivity contribution is 5.83. The number of benzene rings is 1. The van der Waals surface area contributed by atoms with Crippen LogP contribution >= 0.6 is 0 Å². The molecule has 0 radical (unpaired) electrons. The standard InChI is InChI=1S/C26H36F6N2O2/c1-4-5-17(2)24(9-6-22(15-24)34(3)21-7-10-36-11-8-21)23(35)33-16-18-12-19(25(27,28)29)14-20(13-18)26(30,31)32/h12-14,17,21-22H,4-11,15-16H2,1-3H3,(H,33,35). The lowest BCUT2D eigenvalue weighted by Crippen LogP contribution is -2.46. The van der Waals surface area contributed by atoms with Crippen molar-refractivity contribution in [3.63, 3.8) is 0 Å². The molecule has 0 aromatic heterocycles. The Morgan fingerprint density at radius 3 is 2.17 bits per heavy atom. The number of rotatable bonds is 8. The SMILES string of the molecule is CCCC(C)C1(C(=O)NCc2cc(C(F)(F)F)cc(C(F)(F)F)c2)CCC(N(C)C2CCOCC2)C1. The van der Waals surface area contributed by atoms with Gasteiger partial charge < -0.3 is 15.0 Å². The van der Waals surface area contributed by atoms with E-state index in [-0.39, 0.29) is 29.5 Å². The van der Waals surface area contributed by atoms with Crippen LogP contribution in [-0.2, 0) is 28.4 Å². The van der Waals surface area contributed by atoms with Crippen molar-refractivity contribution >= 4 is 5.91 Å². The molecule has 3 rings (SSSR count). The average molecular weight is 523 g/mol. The number of ether oxygens (including phenoxy) is 1. The van der Waals surface area contributed by atoms with Crippen molar-refractivity contribution in [2.75, 3.05) is 20.3 Å². The Balaban J connectivity index is 1.79.